The first kappa shape index (κ1) is 11.5. The van der Waals surface area contributed by atoms with E-state index in [2.05, 4.69) is 0 Å². The minimum absolute atomic E-state index is 0.221. The van der Waals surface area contributed by atoms with Gasteiger partial charge in [-0.25, -0.2) is 4.39 Å². The van der Waals surface area contributed by atoms with Crippen LogP contribution in [-0.4, -0.2) is 6.54 Å². The van der Waals surface area contributed by atoms with Crippen LogP contribution >= 0.6 is 11.6 Å². The van der Waals surface area contributed by atoms with Gasteiger partial charge in [0.2, 0.25) is 0 Å². The normalized spacial score (nSPS) is 17.5. The molecule has 0 bridgehead atoms. The van der Waals surface area contributed by atoms with E-state index in [9.17, 15) is 4.39 Å². The highest BCUT2D eigenvalue weighted by atomic mass is 35.5. The number of halogens is 2. The van der Waals surface area contributed by atoms with Crippen molar-refractivity contribution in [3.63, 3.8) is 0 Å². The van der Waals surface area contributed by atoms with E-state index in [-0.39, 0.29) is 5.92 Å². The molecular weight excluding hydrogens is 201 g/mol. The zero-order valence-electron chi connectivity index (χ0n) is 8.43. The summed E-state index contributed by atoms with van der Waals surface area (Å²) in [7, 11) is 0. The molecule has 2 unspecified atom stereocenters. The predicted octanol–water partition coefficient (Wildman–Crippen LogP) is 3.12. The van der Waals surface area contributed by atoms with Crippen LogP contribution in [0.3, 0.4) is 0 Å². The van der Waals surface area contributed by atoms with E-state index in [1.165, 1.54) is 6.92 Å². The molecule has 0 aliphatic heterocycles. The SMILES string of the molecule is CC(CN)C(C)(F)c1cccc(Cl)c1. The molecule has 0 aromatic heterocycles. The average molecular weight is 216 g/mol. The van der Waals surface area contributed by atoms with Gasteiger partial charge in [-0.3, -0.25) is 0 Å². The fourth-order valence-corrected chi connectivity index (χ4v) is 1.49. The molecular formula is C11H15ClFN. The molecule has 1 nitrogen and oxygen atoms in total. The van der Waals surface area contributed by atoms with Crippen molar-refractivity contribution in [2.45, 2.75) is 19.5 Å². The molecule has 2 atom stereocenters. The fraction of sp³-hybridized carbons (Fsp3) is 0.455. The highest BCUT2D eigenvalue weighted by molar-refractivity contribution is 6.30. The summed E-state index contributed by atoms with van der Waals surface area (Å²) in [5.41, 5.74) is 4.63. The lowest BCUT2D eigenvalue weighted by Gasteiger charge is -2.27. The topological polar surface area (TPSA) is 26.0 Å². The Morgan fingerprint density at radius 3 is 2.71 bits per heavy atom. The fourth-order valence-electron chi connectivity index (χ4n) is 1.30. The Morgan fingerprint density at radius 2 is 2.21 bits per heavy atom. The zero-order chi connectivity index (χ0) is 10.8. The number of nitrogens with two attached hydrogens (primary N) is 1. The van der Waals surface area contributed by atoms with Gasteiger partial charge >= 0.3 is 0 Å². The van der Waals surface area contributed by atoms with E-state index in [1.54, 1.807) is 31.2 Å². The molecule has 0 saturated heterocycles. The van der Waals surface area contributed by atoms with Gasteiger partial charge in [0, 0.05) is 10.9 Å². The van der Waals surface area contributed by atoms with Crippen LogP contribution in [0.1, 0.15) is 19.4 Å². The second-order valence-corrected chi connectivity index (χ2v) is 4.16. The van der Waals surface area contributed by atoms with E-state index >= 15 is 0 Å². The first-order chi connectivity index (χ1) is 6.48. The molecule has 14 heavy (non-hydrogen) atoms. The third kappa shape index (κ3) is 2.25. The minimum Gasteiger partial charge on any atom is -0.330 e. The molecule has 1 aromatic rings. The molecule has 1 aromatic carbocycles. The van der Waals surface area contributed by atoms with E-state index in [4.69, 9.17) is 17.3 Å². The molecule has 0 aliphatic rings. The highest BCUT2D eigenvalue weighted by Crippen LogP contribution is 2.34. The van der Waals surface area contributed by atoms with Crippen LogP contribution < -0.4 is 5.73 Å². The maximum absolute atomic E-state index is 14.3. The van der Waals surface area contributed by atoms with Gasteiger partial charge in [0.05, 0.1) is 0 Å². The van der Waals surface area contributed by atoms with Crippen molar-refractivity contribution in [3.05, 3.63) is 34.9 Å². The quantitative estimate of drug-likeness (QED) is 0.824. The van der Waals surface area contributed by atoms with Crippen molar-refractivity contribution in [2.75, 3.05) is 6.54 Å². The van der Waals surface area contributed by atoms with Crippen LogP contribution in [0.5, 0.6) is 0 Å². The van der Waals surface area contributed by atoms with Crippen molar-refractivity contribution >= 4 is 11.6 Å². The van der Waals surface area contributed by atoms with Gasteiger partial charge < -0.3 is 5.73 Å². The Balaban J connectivity index is 3.03. The van der Waals surface area contributed by atoms with Crippen LogP contribution in [0.4, 0.5) is 4.39 Å². The molecule has 0 spiro atoms. The first-order valence-electron chi connectivity index (χ1n) is 4.63. The molecule has 2 N–H and O–H groups in total. The third-order valence-corrected chi connectivity index (χ3v) is 2.90. The van der Waals surface area contributed by atoms with Gasteiger partial charge in [-0.05, 0) is 31.2 Å². The molecule has 0 aliphatic carbocycles. The highest BCUT2D eigenvalue weighted by Gasteiger charge is 2.31. The number of rotatable bonds is 3. The number of benzene rings is 1. The van der Waals surface area contributed by atoms with Crippen LogP contribution in [-0.2, 0) is 5.67 Å². The molecule has 0 heterocycles. The van der Waals surface area contributed by atoms with Gasteiger partial charge in [-0.15, -0.1) is 0 Å². The Bertz CT molecular complexity index is 312. The van der Waals surface area contributed by atoms with Crippen LogP contribution in [0.25, 0.3) is 0 Å². The van der Waals surface area contributed by atoms with E-state index in [0.29, 0.717) is 17.1 Å². The lowest BCUT2D eigenvalue weighted by Crippen LogP contribution is -2.30. The van der Waals surface area contributed by atoms with Crippen molar-refractivity contribution in [2.24, 2.45) is 11.7 Å². The zero-order valence-corrected chi connectivity index (χ0v) is 9.18. The van der Waals surface area contributed by atoms with Crippen LogP contribution in [0.2, 0.25) is 5.02 Å². The molecule has 1 rings (SSSR count). The van der Waals surface area contributed by atoms with Crippen molar-refractivity contribution in [1.29, 1.82) is 0 Å². The summed E-state index contributed by atoms with van der Waals surface area (Å²) < 4.78 is 14.3. The molecule has 78 valence electrons. The molecule has 0 fully saturated rings. The van der Waals surface area contributed by atoms with Gasteiger partial charge in [-0.2, -0.15) is 0 Å². The summed E-state index contributed by atoms with van der Waals surface area (Å²) in [5, 5.41) is 0.551. The second-order valence-electron chi connectivity index (χ2n) is 3.72. The van der Waals surface area contributed by atoms with Crippen molar-refractivity contribution in [1.82, 2.24) is 0 Å². The van der Waals surface area contributed by atoms with E-state index in [1.807, 2.05) is 0 Å². The predicted molar refractivity (Wildman–Crippen MR) is 58.1 cm³/mol. The summed E-state index contributed by atoms with van der Waals surface area (Å²) >= 11 is 5.80. The smallest absolute Gasteiger partial charge is 0.137 e. The number of hydrogen-bond acceptors (Lipinski definition) is 1. The lowest BCUT2D eigenvalue weighted by molar-refractivity contribution is 0.117. The summed E-state index contributed by atoms with van der Waals surface area (Å²) in [4.78, 5) is 0. The summed E-state index contributed by atoms with van der Waals surface area (Å²) in [6.45, 7) is 3.65. The van der Waals surface area contributed by atoms with Crippen LogP contribution in [0, 0.1) is 5.92 Å². The number of alkyl halides is 1. The average Bonchev–Trinajstić information content (AvgIpc) is 2.16. The molecule has 0 amide bonds. The number of hydrogen-bond donors (Lipinski definition) is 1. The third-order valence-electron chi connectivity index (χ3n) is 2.67. The summed E-state index contributed by atoms with van der Waals surface area (Å²) in [5.74, 6) is -0.221. The Hall–Kier alpha value is -0.600. The van der Waals surface area contributed by atoms with Gasteiger partial charge in [0.15, 0.2) is 0 Å². The Morgan fingerprint density at radius 1 is 1.57 bits per heavy atom. The second kappa shape index (κ2) is 4.28. The maximum atomic E-state index is 14.3. The summed E-state index contributed by atoms with van der Waals surface area (Å²) in [6.07, 6.45) is 0. The molecule has 0 radical (unpaired) electrons. The summed E-state index contributed by atoms with van der Waals surface area (Å²) in [6, 6.07) is 6.86. The lowest BCUT2D eigenvalue weighted by atomic mass is 9.86. The van der Waals surface area contributed by atoms with E-state index in [0.717, 1.165) is 0 Å². The van der Waals surface area contributed by atoms with Crippen molar-refractivity contribution < 1.29 is 4.39 Å². The first-order valence-corrected chi connectivity index (χ1v) is 5.01. The van der Waals surface area contributed by atoms with Gasteiger partial charge in [0.25, 0.3) is 0 Å². The molecule has 0 saturated carbocycles. The standard InChI is InChI=1S/C11H15ClFN/c1-8(7-14)11(2,13)9-4-3-5-10(12)6-9/h3-6,8H,7,14H2,1-2H3. The van der Waals surface area contributed by atoms with Crippen LogP contribution in [0.15, 0.2) is 24.3 Å². The molecule has 3 heteroatoms. The minimum atomic E-state index is -1.42. The monoisotopic (exact) mass is 215 g/mol. The van der Waals surface area contributed by atoms with Gasteiger partial charge in [0.1, 0.15) is 5.67 Å². The Kier molecular flexibility index (Phi) is 3.51. The van der Waals surface area contributed by atoms with Gasteiger partial charge in [-0.1, -0.05) is 30.7 Å². The van der Waals surface area contributed by atoms with E-state index < -0.39 is 5.67 Å². The Labute approximate surface area is 89.1 Å². The largest absolute Gasteiger partial charge is 0.330 e. The van der Waals surface area contributed by atoms with Crippen molar-refractivity contribution in [3.8, 4) is 0 Å². The maximum Gasteiger partial charge on any atom is 0.137 e.